The highest BCUT2D eigenvalue weighted by Crippen LogP contribution is 2.29. The van der Waals surface area contributed by atoms with E-state index in [0.717, 1.165) is 34.8 Å². The van der Waals surface area contributed by atoms with Gasteiger partial charge in [-0.3, -0.25) is 4.79 Å². The van der Waals surface area contributed by atoms with Crippen LogP contribution in [0.3, 0.4) is 0 Å². The number of nitrogens with one attached hydrogen (secondary N) is 1. The van der Waals surface area contributed by atoms with Crippen LogP contribution in [0.2, 0.25) is 0 Å². The Hall–Kier alpha value is -3.88. The quantitative estimate of drug-likeness (QED) is 0.334. The molecule has 0 aliphatic carbocycles. The van der Waals surface area contributed by atoms with Crippen LogP contribution in [0, 0.1) is 20.8 Å². The van der Waals surface area contributed by atoms with Gasteiger partial charge in [-0.25, -0.2) is 10.2 Å². The summed E-state index contributed by atoms with van der Waals surface area (Å²) >= 11 is 0. The third-order valence-electron chi connectivity index (χ3n) is 5.15. The number of hydrogen-bond acceptors (Lipinski definition) is 4. The standard InChI is InChI=1S/C24H22F3N3O3/c1-14-10-18(23(32)33-4)8-9-21(14)30-15(2)11-19(16(30)3)13-28-29-22(31)17-6-5-7-20(12-17)24(25,26)27/h5-13H,1-4H3,(H,29,31)/b28-13+. The number of amides is 1. The maximum atomic E-state index is 12.9. The van der Waals surface area contributed by atoms with Crippen LogP contribution >= 0.6 is 0 Å². The summed E-state index contributed by atoms with van der Waals surface area (Å²) in [6, 6.07) is 11.2. The molecule has 0 unspecified atom stereocenters. The Balaban J connectivity index is 1.81. The third-order valence-corrected chi connectivity index (χ3v) is 5.15. The highest BCUT2D eigenvalue weighted by molar-refractivity contribution is 5.95. The molecule has 0 spiro atoms. The maximum Gasteiger partial charge on any atom is 0.416 e. The van der Waals surface area contributed by atoms with Crippen molar-refractivity contribution in [3.8, 4) is 5.69 Å². The van der Waals surface area contributed by atoms with E-state index in [1.807, 2.05) is 37.5 Å². The molecule has 2 aromatic carbocycles. The third kappa shape index (κ3) is 5.14. The normalized spacial score (nSPS) is 11.6. The molecule has 0 bridgehead atoms. The van der Waals surface area contributed by atoms with Crippen molar-refractivity contribution >= 4 is 18.1 Å². The molecule has 0 aliphatic rings. The first-order valence-corrected chi connectivity index (χ1v) is 9.92. The molecule has 3 aromatic rings. The zero-order valence-electron chi connectivity index (χ0n) is 18.4. The first kappa shape index (κ1) is 23.8. The average molecular weight is 457 g/mol. The van der Waals surface area contributed by atoms with Gasteiger partial charge in [0.15, 0.2) is 0 Å². The average Bonchev–Trinajstić information content (AvgIpc) is 3.05. The number of methoxy groups -OCH3 is 1. The molecule has 3 rings (SSSR count). The molecule has 0 aliphatic heterocycles. The van der Waals surface area contributed by atoms with Crippen LogP contribution in [0.25, 0.3) is 5.69 Å². The fourth-order valence-corrected chi connectivity index (χ4v) is 3.50. The summed E-state index contributed by atoms with van der Waals surface area (Å²) in [5, 5.41) is 3.91. The van der Waals surface area contributed by atoms with Crippen molar-refractivity contribution < 1.29 is 27.5 Å². The highest BCUT2D eigenvalue weighted by atomic mass is 19.4. The van der Waals surface area contributed by atoms with Crippen LogP contribution in [0.4, 0.5) is 13.2 Å². The molecule has 172 valence electrons. The van der Waals surface area contributed by atoms with Crippen LogP contribution in [-0.2, 0) is 10.9 Å². The smallest absolute Gasteiger partial charge is 0.416 e. The van der Waals surface area contributed by atoms with E-state index in [1.54, 1.807) is 12.1 Å². The molecular formula is C24H22F3N3O3. The number of rotatable bonds is 5. The summed E-state index contributed by atoms with van der Waals surface area (Å²) in [6.45, 7) is 5.65. The van der Waals surface area contributed by atoms with E-state index in [2.05, 4.69) is 10.5 Å². The van der Waals surface area contributed by atoms with Gasteiger partial charge in [0.05, 0.1) is 24.5 Å². The molecule has 9 heteroatoms. The van der Waals surface area contributed by atoms with Crippen LogP contribution in [0.1, 0.15) is 48.8 Å². The molecule has 0 radical (unpaired) electrons. The van der Waals surface area contributed by atoms with Crippen molar-refractivity contribution in [1.82, 2.24) is 9.99 Å². The van der Waals surface area contributed by atoms with E-state index in [9.17, 15) is 22.8 Å². The number of hydrogen-bond donors (Lipinski definition) is 1. The number of carbonyl (C=O) groups is 2. The van der Waals surface area contributed by atoms with E-state index < -0.39 is 23.6 Å². The zero-order valence-corrected chi connectivity index (χ0v) is 18.4. The second-order valence-corrected chi connectivity index (χ2v) is 7.43. The summed E-state index contributed by atoms with van der Waals surface area (Å²) < 4.78 is 45.3. The van der Waals surface area contributed by atoms with Gasteiger partial charge in [-0.05, 0) is 68.8 Å². The Kier molecular flexibility index (Phi) is 6.71. The van der Waals surface area contributed by atoms with E-state index in [1.165, 1.54) is 25.5 Å². The summed E-state index contributed by atoms with van der Waals surface area (Å²) in [6.07, 6.45) is -3.10. The van der Waals surface area contributed by atoms with Gasteiger partial charge in [0, 0.05) is 28.2 Å². The number of aromatic nitrogens is 1. The lowest BCUT2D eigenvalue weighted by Crippen LogP contribution is -2.18. The van der Waals surface area contributed by atoms with Crippen LogP contribution in [0.5, 0.6) is 0 Å². The molecule has 0 saturated carbocycles. The molecule has 6 nitrogen and oxygen atoms in total. The van der Waals surface area contributed by atoms with E-state index >= 15 is 0 Å². The number of alkyl halides is 3. The predicted molar refractivity (Wildman–Crippen MR) is 118 cm³/mol. The van der Waals surface area contributed by atoms with E-state index in [4.69, 9.17) is 4.74 Å². The second-order valence-electron chi connectivity index (χ2n) is 7.43. The van der Waals surface area contributed by atoms with Crippen molar-refractivity contribution in [1.29, 1.82) is 0 Å². The number of nitrogens with zero attached hydrogens (tertiary/aromatic N) is 2. The van der Waals surface area contributed by atoms with Gasteiger partial charge in [0.2, 0.25) is 0 Å². The van der Waals surface area contributed by atoms with Gasteiger partial charge in [-0.15, -0.1) is 0 Å². The largest absolute Gasteiger partial charge is 0.465 e. The minimum Gasteiger partial charge on any atom is -0.465 e. The van der Waals surface area contributed by atoms with Crippen LogP contribution < -0.4 is 5.43 Å². The van der Waals surface area contributed by atoms with Crippen molar-refractivity contribution in [2.24, 2.45) is 5.10 Å². The van der Waals surface area contributed by atoms with Gasteiger partial charge < -0.3 is 9.30 Å². The van der Waals surface area contributed by atoms with Crippen molar-refractivity contribution in [3.63, 3.8) is 0 Å². The predicted octanol–water partition coefficient (Wildman–Crippen LogP) is 4.97. The van der Waals surface area contributed by atoms with Gasteiger partial charge >= 0.3 is 12.1 Å². The molecule has 1 N–H and O–H groups in total. The summed E-state index contributed by atoms with van der Waals surface area (Å²) in [4.78, 5) is 24.0. The zero-order chi connectivity index (χ0) is 24.3. The fraction of sp³-hybridized carbons (Fsp3) is 0.208. The van der Waals surface area contributed by atoms with Crippen molar-refractivity contribution in [3.05, 3.63) is 87.7 Å². The van der Waals surface area contributed by atoms with Gasteiger partial charge in [0.25, 0.3) is 5.91 Å². The van der Waals surface area contributed by atoms with Gasteiger partial charge in [0.1, 0.15) is 0 Å². The van der Waals surface area contributed by atoms with Crippen LogP contribution in [-0.4, -0.2) is 29.8 Å². The number of esters is 1. The summed E-state index contributed by atoms with van der Waals surface area (Å²) in [5.41, 5.74) is 5.83. The number of hydrazone groups is 1. The monoisotopic (exact) mass is 457 g/mol. The minimum absolute atomic E-state index is 0.145. The first-order chi connectivity index (χ1) is 15.5. The van der Waals surface area contributed by atoms with E-state index in [0.29, 0.717) is 11.1 Å². The molecular weight excluding hydrogens is 435 g/mol. The Bertz CT molecular complexity index is 1240. The molecule has 33 heavy (non-hydrogen) atoms. The molecule has 0 atom stereocenters. The lowest BCUT2D eigenvalue weighted by Gasteiger charge is -2.13. The van der Waals surface area contributed by atoms with Gasteiger partial charge in [-0.1, -0.05) is 6.07 Å². The summed E-state index contributed by atoms with van der Waals surface area (Å²) in [5.74, 6) is -1.17. The molecule has 0 saturated heterocycles. The molecule has 1 aromatic heterocycles. The fourth-order valence-electron chi connectivity index (χ4n) is 3.50. The topological polar surface area (TPSA) is 72.7 Å². The first-order valence-electron chi connectivity index (χ1n) is 9.92. The summed E-state index contributed by atoms with van der Waals surface area (Å²) in [7, 11) is 1.32. The SMILES string of the molecule is COC(=O)c1ccc(-n2c(C)cc(/C=N/NC(=O)c3cccc(C(F)(F)F)c3)c2C)c(C)c1. The number of aryl methyl sites for hydroxylation is 2. The maximum absolute atomic E-state index is 12.9. The molecule has 0 fully saturated rings. The lowest BCUT2D eigenvalue weighted by atomic mass is 10.1. The number of halogens is 3. The number of carbonyl (C=O) groups excluding carboxylic acids is 2. The lowest BCUT2D eigenvalue weighted by molar-refractivity contribution is -0.137. The van der Waals surface area contributed by atoms with Crippen molar-refractivity contribution in [2.75, 3.05) is 7.11 Å². The Labute approximate surface area is 188 Å². The number of benzene rings is 2. The highest BCUT2D eigenvalue weighted by Gasteiger charge is 2.30. The van der Waals surface area contributed by atoms with Crippen LogP contribution in [0.15, 0.2) is 53.6 Å². The Morgan fingerprint density at radius 1 is 1.03 bits per heavy atom. The number of ether oxygens (including phenoxy) is 1. The minimum atomic E-state index is -4.54. The van der Waals surface area contributed by atoms with E-state index in [-0.39, 0.29) is 5.56 Å². The second kappa shape index (κ2) is 9.32. The Morgan fingerprint density at radius 3 is 2.39 bits per heavy atom. The molecule has 1 heterocycles. The van der Waals surface area contributed by atoms with Gasteiger partial charge in [-0.2, -0.15) is 18.3 Å². The molecule has 1 amide bonds. The Morgan fingerprint density at radius 2 is 1.76 bits per heavy atom. The van der Waals surface area contributed by atoms with Crippen molar-refractivity contribution in [2.45, 2.75) is 26.9 Å².